The molecular formula is C24H28N2O4. The Hall–Kier alpha value is -3.02. The third-order valence-electron chi connectivity index (χ3n) is 6.04. The van der Waals surface area contributed by atoms with E-state index in [1.54, 1.807) is 37.3 Å². The van der Waals surface area contributed by atoms with Crippen LogP contribution in [0.5, 0.6) is 11.5 Å². The van der Waals surface area contributed by atoms with E-state index < -0.39 is 0 Å². The van der Waals surface area contributed by atoms with Crippen LogP contribution in [0, 0.1) is 0 Å². The van der Waals surface area contributed by atoms with Gasteiger partial charge in [0.05, 0.1) is 20.6 Å². The molecule has 6 heteroatoms. The van der Waals surface area contributed by atoms with Crippen LogP contribution in [0.3, 0.4) is 0 Å². The molecule has 0 radical (unpaired) electrons. The van der Waals surface area contributed by atoms with E-state index in [2.05, 4.69) is 18.2 Å². The maximum atomic E-state index is 12.9. The van der Waals surface area contributed by atoms with E-state index in [4.69, 9.17) is 9.47 Å². The number of hydrogen-bond donors (Lipinski definition) is 0. The maximum Gasteiger partial charge on any atom is 0.254 e. The zero-order valence-electron chi connectivity index (χ0n) is 17.6. The molecule has 0 spiro atoms. The van der Waals surface area contributed by atoms with E-state index in [9.17, 15) is 9.59 Å². The van der Waals surface area contributed by atoms with Gasteiger partial charge < -0.3 is 19.3 Å². The van der Waals surface area contributed by atoms with E-state index >= 15 is 0 Å². The largest absolute Gasteiger partial charge is 0.497 e. The van der Waals surface area contributed by atoms with Crippen molar-refractivity contribution in [3.63, 3.8) is 0 Å². The van der Waals surface area contributed by atoms with Crippen LogP contribution < -0.4 is 9.47 Å². The summed E-state index contributed by atoms with van der Waals surface area (Å²) in [5.74, 6) is 1.22. The molecule has 0 saturated carbocycles. The Bertz CT molecular complexity index is 926. The Morgan fingerprint density at radius 2 is 1.47 bits per heavy atom. The summed E-state index contributed by atoms with van der Waals surface area (Å²) in [4.78, 5) is 29.3. The zero-order chi connectivity index (χ0) is 21.1. The van der Waals surface area contributed by atoms with Gasteiger partial charge in [0.1, 0.15) is 11.5 Å². The van der Waals surface area contributed by atoms with E-state index in [1.807, 2.05) is 4.90 Å². The van der Waals surface area contributed by atoms with Crippen LogP contribution in [-0.2, 0) is 24.1 Å². The monoisotopic (exact) mass is 408 g/mol. The van der Waals surface area contributed by atoms with Gasteiger partial charge in [-0.05, 0) is 48.1 Å². The van der Waals surface area contributed by atoms with Gasteiger partial charge >= 0.3 is 0 Å². The molecule has 0 N–H and O–H groups in total. The third-order valence-corrected chi connectivity index (χ3v) is 6.04. The molecule has 0 unspecified atom stereocenters. The van der Waals surface area contributed by atoms with Crippen LogP contribution >= 0.6 is 0 Å². The normalized spacial score (nSPS) is 15.7. The number of aryl methyl sites for hydroxylation is 2. The number of carbonyl (C=O) groups excluding carboxylic acids is 2. The Morgan fingerprint density at radius 3 is 2.13 bits per heavy atom. The number of benzene rings is 2. The molecule has 0 atom stereocenters. The summed E-state index contributed by atoms with van der Waals surface area (Å²) in [5, 5.41) is 0. The number of piperazine rings is 1. The van der Waals surface area contributed by atoms with Crippen molar-refractivity contribution >= 4 is 11.8 Å². The fourth-order valence-electron chi connectivity index (χ4n) is 4.29. The van der Waals surface area contributed by atoms with E-state index in [0.717, 1.165) is 18.4 Å². The number of ether oxygens (including phenoxy) is 2. The lowest BCUT2D eigenvalue weighted by Crippen LogP contribution is -2.51. The van der Waals surface area contributed by atoms with Crippen LogP contribution in [0.1, 0.15) is 33.5 Å². The summed E-state index contributed by atoms with van der Waals surface area (Å²) in [5.41, 5.74) is 4.43. The average molecular weight is 408 g/mol. The molecule has 1 saturated heterocycles. The number of nitrogens with zero attached hydrogens (tertiary/aromatic N) is 2. The molecule has 2 aromatic rings. The van der Waals surface area contributed by atoms with Crippen molar-refractivity contribution in [2.75, 3.05) is 40.4 Å². The highest BCUT2D eigenvalue weighted by atomic mass is 16.5. The summed E-state index contributed by atoms with van der Waals surface area (Å²) in [6, 6.07) is 11.6. The number of fused-ring (bicyclic) bond motifs is 1. The molecule has 158 valence electrons. The van der Waals surface area contributed by atoms with Crippen LogP contribution in [0.15, 0.2) is 36.4 Å². The number of rotatable bonds is 5. The van der Waals surface area contributed by atoms with Crippen LogP contribution in [0.2, 0.25) is 0 Å². The maximum absolute atomic E-state index is 12.9. The molecular weight excluding hydrogens is 380 g/mol. The minimum atomic E-state index is -0.0714. The predicted octanol–water partition coefficient (Wildman–Crippen LogP) is 2.72. The van der Waals surface area contributed by atoms with Crippen molar-refractivity contribution in [1.82, 2.24) is 9.80 Å². The Kier molecular flexibility index (Phi) is 5.93. The molecule has 2 aromatic carbocycles. The molecule has 1 heterocycles. The topological polar surface area (TPSA) is 59.1 Å². The van der Waals surface area contributed by atoms with Crippen molar-refractivity contribution in [2.45, 2.75) is 25.7 Å². The van der Waals surface area contributed by atoms with E-state index in [0.29, 0.717) is 49.7 Å². The molecule has 0 aromatic heterocycles. The van der Waals surface area contributed by atoms with Crippen LogP contribution in [0.25, 0.3) is 0 Å². The second-order valence-electron chi connectivity index (χ2n) is 7.91. The summed E-state index contributed by atoms with van der Waals surface area (Å²) in [7, 11) is 3.13. The average Bonchev–Trinajstić information content (AvgIpc) is 3.26. The van der Waals surface area contributed by atoms with Gasteiger partial charge in [-0.1, -0.05) is 18.2 Å². The van der Waals surface area contributed by atoms with Gasteiger partial charge in [-0.2, -0.15) is 0 Å². The first-order chi connectivity index (χ1) is 14.6. The minimum absolute atomic E-state index is 0.0714. The molecule has 2 amide bonds. The van der Waals surface area contributed by atoms with Gasteiger partial charge in [-0.15, -0.1) is 0 Å². The number of carbonyl (C=O) groups is 2. The summed E-state index contributed by atoms with van der Waals surface area (Å²) in [6.45, 7) is 2.15. The van der Waals surface area contributed by atoms with E-state index in [1.165, 1.54) is 17.5 Å². The SMILES string of the molecule is COc1cc(OC)cc(C(=O)N2CCN(C(=O)Cc3ccc4c(c3)CCC4)CC2)c1. The van der Waals surface area contributed by atoms with Gasteiger partial charge in [-0.25, -0.2) is 0 Å². The van der Waals surface area contributed by atoms with E-state index in [-0.39, 0.29) is 11.8 Å². The minimum Gasteiger partial charge on any atom is -0.497 e. The zero-order valence-corrected chi connectivity index (χ0v) is 17.6. The third kappa shape index (κ3) is 4.27. The molecule has 1 aliphatic heterocycles. The predicted molar refractivity (Wildman–Crippen MR) is 114 cm³/mol. The van der Waals surface area contributed by atoms with Gasteiger partial charge in [0.15, 0.2) is 0 Å². The fourth-order valence-corrected chi connectivity index (χ4v) is 4.29. The molecule has 1 fully saturated rings. The van der Waals surface area contributed by atoms with Crippen molar-refractivity contribution in [2.24, 2.45) is 0 Å². The number of methoxy groups -OCH3 is 2. The molecule has 30 heavy (non-hydrogen) atoms. The van der Waals surface area contributed by atoms with Crippen LogP contribution in [0.4, 0.5) is 0 Å². The van der Waals surface area contributed by atoms with Gasteiger partial charge in [0.2, 0.25) is 5.91 Å². The van der Waals surface area contributed by atoms with Crippen molar-refractivity contribution in [1.29, 1.82) is 0 Å². The molecule has 1 aliphatic carbocycles. The standard InChI is InChI=1S/C24H28N2O4/c1-29-21-14-20(15-22(16-21)30-2)24(28)26-10-8-25(9-11-26)23(27)13-17-6-7-18-4-3-5-19(18)12-17/h6-7,12,14-16H,3-5,8-11,13H2,1-2H3. The Labute approximate surface area is 177 Å². The molecule has 2 aliphatic rings. The van der Waals surface area contributed by atoms with Gasteiger partial charge in [-0.3, -0.25) is 9.59 Å². The van der Waals surface area contributed by atoms with Crippen molar-refractivity contribution < 1.29 is 19.1 Å². The first kappa shape index (κ1) is 20.3. The smallest absolute Gasteiger partial charge is 0.254 e. The fraction of sp³-hybridized carbons (Fsp3) is 0.417. The summed E-state index contributed by atoms with van der Waals surface area (Å²) >= 11 is 0. The number of amides is 2. The highest BCUT2D eigenvalue weighted by Crippen LogP contribution is 2.25. The van der Waals surface area contributed by atoms with Gasteiger partial charge in [0.25, 0.3) is 5.91 Å². The molecule has 6 nitrogen and oxygen atoms in total. The van der Waals surface area contributed by atoms with Gasteiger partial charge in [0, 0.05) is 37.8 Å². The molecule has 0 bridgehead atoms. The molecule has 4 rings (SSSR count). The van der Waals surface area contributed by atoms with Crippen molar-refractivity contribution in [3.05, 3.63) is 58.7 Å². The van der Waals surface area contributed by atoms with Crippen LogP contribution in [-0.4, -0.2) is 62.0 Å². The Balaban J connectivity index is 1.35. The first-order valence-corrected chi connectivity index (χ1v) is 10.5. The summed E-state index contributed by atoms with van der Waals surface area (Å²) in [6.07, 6.45) is 3.90. The highest BCUT2D eigenvalue weighted by molar-refractivity contribution is 5.95. The van der Waals surface area contributed by atoms with Crippen molar-refractivity contribution in [3.8, 4) is 11.5 Å². The first-order valence-electron chi connectivity index (χ1n) is 10.5. The highest BCUT2D eigenvalue weighted by Gasteiger charge is 2.26. The Morgan fingerprint density at radius 1 is 0.833 bits per heavy atom. The number of hydrogen-bond acceptors (Lipinski definition) is 4. The quantitative estimate of drug-likeness (QED) is 0.763. The lowest BCUT2D eigenvalue weighted by molar-refractivity contribution is -0.131. The lowest BCUT2D eigenvalue weighted by Gasteiger charge is -2.35. The summed E-state index contributed by atoms with van der Waals surface area (Å²) < 4.78 is 10.5. The second-order valence-corrected chi connectivity index (χ2v) is 7.91. The lowest BCUT2D eigenvalue weighted by atomic mass is 10.0. The second kappa shape index (κ2) is 8.78.